The third-order valence-electron chi connectivity index (χ3n) is 7.37. The predicted molar refractivity (Wildman–Crippen MR) is 139 cm³/mol. The van der Waals surface area contributed by atoms with Crippen molar-refractivity contribution in [3.05, 3.63) is 69.2 Å². The van der Waals surface area contributed by atoms with Crippen LogP contribution in [0, 0.1) is 5.92 Å². The number of hydrogen-bond donors (Lipinski definition) is 2. The fourth-order valence-corrected chi connectivity index (χ4v) is 6.60. The molecule has 2 N–H and O–H groups in total. The topological polar surface area (TPSA) is 73.4 Å². The second kappa shape index (κ2) is 9.49. The van der Waals surface area contributed by atoms with Crippen LogP contribution in [0.25, 0.3) is 16.5 Å². The van der Waals surface area contributed by atoms with E-state index in [1.807, 2.05) is 12.1 Å². The normalized spacial score (nSPS) is 25.0. The molecule has 1 atom stereocenters. The Balaban J connectivity index is 1.37. The second-order valence-corrected chi connectivity index (χ2v) is 11.1. The van der Waals surface area contributed by atoms with E-state index in [-0.39, 0.29) is 23.0 Å². The number of piperidine rings is 3. The Morgan fingerprint density at radius 2 is 2.00 bits per heavy atom. The molecule has 4 aliphatic heterocycles. The highest BCUT2D eigenvalue weighted by atomic mass is 35.5. The third kappa shape index (κ3) is 4.89. The zero-order valence-electron chi connectivity index (χ0n) is 19.6. The van der Waals surface area contributed by atoms with Crippen molar-refractivity contribution in [1.82, 2.24) is 20.4 Å². The molecule has 0 saturated carbocycles. The van der Waals surface area contributed by atoms with Crippen molar-refractivity contribution in [3.63, 3.8) is 0 Å². The summed E-state index contributed by atoms with van der Waals surface area (Å²) >= 11 is 7.11. The van der Waals surface area contributed by atoms with Crippen molar-refractivity contribution in [2.24, 2.45) is 10.9 Å². The van der Waals surface area contributed by atoms with Crippen LogP contribution >= 0.6 is 23.4 Å². The number of amides is 1. The Morgan fingerprint density at radius 1 is 1.19 bits per heavy atom. The van der Waals surface area contributed by atoms with Gasteiger partial charge in [0, 0.05) is 23.0 Å². The molecule has 11 heteroatoms. The Hall–Kier alpha value is -2.82. The van der Waals surface area contributed by atoms with Gasteiger partial charge in [-0.15, -0.1) is 0 Å². The van der Waals surface area contributed by atoms with Crippen LogP contribution in [0.5, 0.6) is 0 Å². The van der Waals surface area contributed by atoms with Crippen LogP contribution in [0.4, 0.5) is 13.2 Å². The number of hydrogen-bond acceptors (Lipinski definition) is 5. The molecule has 192 valence electrons. The molecule has 0 aliphatic carbocycles. The fraction of sp³-hybridized carbons (Fsp3) is 0.346. The molecule has 3 aromatic rings. The first-order chi connectivity index (χ1) is 17.7. The average Bonchev–Trinajstić information content (AvgIpc) is 3.49. The van der Waals surface area contributed by atoms with E-state index in [1.54, 1.807) is 12.3 Å². The minimum absolute atomic E-state index is 0.00347. The van der Waals surface area contributed by atoms with Gasteiger partial charge in [0.2, 0.25) is 0 Å². The summed E-state index contributed by atoms with van der Waals surface area (Å²) in [5.74, 6) is 0.0846. The number of carbonyl (C=O) groups is 1. The van der Waals surface area contributed by atoms with E-state index in [1.165, 1.54) is 23.9 Å². The highest BCUT2D eigenvalue weighted by Gasteiger charge is 2.37. The monoisotopic (exact) mass is 545 g/mol. The lowest BCUT2D eigenvalue weighted by molar-refractivity contribution is -0.138. The Morgan fingerprint density at radius 3 is 2.73 bits per heavy atom. The van der Waals surface area contributed by atoms with E-state index < -0.39 is 17.6 Å². The van der Waals surface area contributed by atoms with E-state index in [0.29, 0.717) is 27.1 Å². The summed E-state index contributed by atoms with van der Waals surface area (Å²) in [7, 11) is 0. The van der Waals surface area contributed by atoms with Gasteiger partial charge in [-0.1, -0.05) is 23.7 Å². The number of aromatic amines is 1. The number of allylic oxidation sites excluding steroid dienone is 1. The van der Waals surface area contributed by atoms with Crippen molar-refractivity contribution in [2.75, 3.05) is 19.6 Å². The molecule has 3 saturated heterocycles. The number of nitrogens with one attached hydrogen (secondary N) is 2. The van der Waals surface area contributed by atoms with Crippen LogP contribution in [0.1, 0.15) is 29.5 Å². The minimum atomic E-state index is -4.59. The highest BCUT2D eigenvalue weighted by Crippen LogP contribution is 2.40. The molecule has 6 nitrogen and oxygen atoms in total. The quantitative estimate of drug-likeness (QED) is 0.423. The largest absolute Gasteiger partial charge is 0.416 e. The number of amidine groups is 1. The smallest absolute Gasteiger partial charge is 0.360 e. The molecule has 2 bridgehead atoms. The number of aromatic nitrogens is 2. The minimum Gasteiger partial charge on any atom is -0.360 e. The van der Waals surface area contributed by atoms with Crippen molar-refractivity contribution in [1.29, 1.82) is 0 Å². The molecule has 2 aromatic carbocycles. The number of halogens is 4. The van der Waals surface area contributed by atoms with Crippen LogP contribution in [0.15, 0.2) is 52.5 Å². The van der Waals surface area contributed by atoms with Gasteiger partial charge in [-0.3, -0.25) is 9.89 Å². The van der Waals surface area contributed by atoms with Gasteiger partial charge in [0.25, 0.3) is 5.91 Å². The van der Waals surface area contributed by atoms with E-state index in [4.69, 9.17) is 11.6 Å². The third-order valence-corrected chi connectivity index (χ3v) is 8.63. The molecule has 0 unspecified atom stereocenters. The Labute approximate surface area is 220 Å². The molecule has 4 aliphatic rings. The lowest BCUT2D eigenvalue weighted by Gasteiger charge is -2.45. The number of H-pyrrole nitrogens is 1. The number of aliphatic imine (C=N–C) groups is 1. The van der Waals surface area contributed by atoms with Crippen molar-refractivity contribution >= 4 is 50.9 Å². The van der Waals surface area contributed by atoms with E-state index in [9.17, 15) is 18.0 Å². The number of rotatable bonds is 4. The zero-order valence-corrected chi connectivity index (χ0v) is 21.2. The van der Waals surface area contributed by atoms with Crippen LogP contribution < -0.4 is 5.32 Å². The van der Waals surface area contributed by atoms with Gasteiger partial charge in [-0.05, 0) is 91.0 Å². The maximum absolute atomic E-state index is 13.9. The molecule has 1 amide bonds. The number of alkyl halides is 3. The number of carbonyl (C=O) groups excluding carboxylic acids is 1. The maximum Gasteiger partial charge on any atom is 0.416 e. The van der Waals surface area contributed by atoms with Gasteiger partial charge in [0.15, 0.2) is 5.17 Å². The van der Waals surface area contributed by atoms with E-state index >= 15 is 0 Å². The standard InChI is InChI=1S/C26H23ClF3N5OS/c27-18-3-1-16(20(11-18)26(28,29)30)10-19(15-2-4-21-17(9-15)12-31-34-21)23-24(36)33-25(37-23)32-22-13-35-7-5-14(22)6-8-35/h1-4,9,11-12,14,22H,5-8,10,13H2,(H,31,34)(H,32,33,36)/t22-/m1/s1. The molecule has 1 aromatic heterocycles. The second-order valence-electron chi connectivity index (χ2n) is 9.67. The SMILES string of the molecule is O=C1N=C(N[C@@H]2CN3CCC2CC3)SC1=C(Cc1ccc(Cl)cc1C(F)(F)F)c1ccc2[nH]ncc2c1. The zero-order chi connectivity index (χ0) is 25.7. The number of benzene rings is 2. The number of nitrogens with zero attached hydrogens (tertiary/aromatic N) is 3. The lowest BCUT2D eigenvalue weighted by Crippen LogP contribution is -2.56. The van der Waals surface area contributed by atoms with Gasteiger partial charge < -0.3 is 10.2 Å². The van der Waals surface area contributed by atoms with Gasteiger partial charge >= 0.3 is 6.18 Å². The summed E-state index contributed by atoms with van der Waals surface area (Å²) in [6, 6.07) is 9.38. The van der Waals surface area contributed by atoms with Crippen molar-refractivity contribution < 1.29 is 18.0 Å². The summed E-state index contributed by atoms with van der Waals surface area (Å²) in [5.41, 5.74) is 1.15. The van der Waals surface area contributed by atoms with Gasteiger partial charge in [-0.25, -0.2) is 0 Å². The summed E-state index contributed by atoms with van der Waals surface area (Å²) in [6.07, 6.45) is -0.828. The lowest BCUT2D eigenvalue weighted by atomic mass is 9.84. The van der Waals surface area contributed by atoms with E-state index in [2.05, 4.69) is 25.4 Å². The first kappa shape index (κ1) is 24.5. The number of fused-ring (bicyclic) bond motifs is 4. The van der Waals surface area contributed by atoms with Gasteiger partial charge in [-0.2, -0.15) is 23.3 Å². The molecule has 0 spiro atoms. The average molecular weight is 546 g/mol. The molecule has 5 heterocycles. The van der Waals surface area contributed by atoms with Gasteiger partial charge in [0.05, 0.1) is 22.2 Å². The molecule has 7 rings (SSSR count). The molecular weight excluding hydrogens is 523 g/mol. The van der Waals surface area contributed by atoms with Crippen molar-refractivity contribution in [2.45, 2.75) is 31.5 Å². The summed E-state index contributed by atoms with van der Waals surface area (Å²) in [4.78, 5) is 20.2. The van der Waals surface area contributed by atoms with Crippen LogP contribution in [-0.4, -0.2) is 51.8 Å². The summed E-state index contributed by atoms with van der Waals surface area (Å²) < 4.78 is 41.7. The molecular formula is C26H23ClF3N5OS. The van der Waals surface area contributed by atoms with Gasteiger partial charge in [0.1, 0.15) is 0 Å². The van der Waals surface area contributed by atoms with E-state index in [0.717, 1.165) is 49.4 Å². The summed E-state index contributed by atoms with van der Waals surface area (Å²) in [6.45, 7) is 3.09. The van der Waals surface area contributed by atoms with Crippen LogP contribution in [-0.2, 0) is 17.4 Å². The molecule has 37 heavy (non-hydrogen) atoms. The highest BCUT2D eigenvalue weighted by molar-refractivity contribution is 8.18. The van der Waals surface area contributed by atoms with Crippen LogP contribution in [0.2, 0.25) is 5.02 Å². The Bertz CT molecular complexity index is 1440. The molecule has 0 radical (unpaired) electrons. The maximum atomic E-state index is 13.9. The first-order valence-electron chi connectivity index (χ1n) is 12.1. The number of thioether (sulfide) groups is 1. The molecule has 3 fully saturated rings. The Kier molecular flexibility index (Phi) is 6.29. The van der Waals surface area contributed by atoms with Crippen LogP contribution in [0.3, 0.4) is 0 Å². The fourth-order valence-electron chi connectivity index (χ4n) is 5.45. The summed E-state index contributed by atoms with van der Waals surface area (Å²) in [5, 5.41) is 11.7. The van der Waals surface area contributed by atoms with Crippen molar-refractivity contribution in [3.8, 4) is 0 Å². The first-order valence-corrected chi connectivity index (χ1v) is 13.3. The predicted octanol–water partition coefficient (Wildman–Crippen LogP) is 5.50.